The molecular formula is C27H32N6O3. The van der Waals surface area contributed by atoms with Gasteiger partial charge >= 0.3 is 0 Å². The Morgan fingerprint density at radius 3 is 2.69 bits per heavy atom. The van der Waals surface area contributed by atoms with Crippen LogP contribution in [-0.2, 0) is 22.7 Å². The molecule has 2 aliphatic heterocycles. The second kappa shape index (κ2) is 11.0. The number of ether oxygens (including phenoxy) is 2. The Morgan fingerprint density at radius 1 is 1.11 bits per heavy atom. The van der Waals surface area contributed by atoms with Gasteiger partial charge in [0.2, 0.25) is 0 Å². The van der Waals surface area contributed by atoms with Gasteiger partial charge in [0.25, 0.3) is 5.91 Å². The predicted molar refractivity (Wildman–Crippen MR) is 138 cm³/mol. The van der Waals surface area contributed by atoms with Crippen LogP contribution in [0.4, 0.5) is 11.5 Å². The van der Waals surface area contributed by atoms with Crippen LogP contribution < -0.4 is 26.2 Å². The van der Waals surface area contributed by atoms with Crippen LogP contribution in [0.3, 0.4) is 0 Å². The van der Waals surface area contributed by atoms with Gasteiger partial charge < -0.3 is 20.1 Å². The molecule has 0 bridgehead atoms. The third-order valence-corrected chi connectivity index (χ3v) is 6.21. The van der Waals surface area contributed by atoms with Crippen molar-refractivity contribution < 1.29 is 14.3 Å². The quantitative estimate of drug-likeness (QED) is 0.363. The summed E-state index contributed by atoms with van der Waals surface area (Å²) in [7, 11) is 0. The second-order valence-electron chi connectivity index (χ2n) is 9.53. The molecular weight excluding hydrogens is 456 g/mol. The van der Waals surface area contributed by atoms with E-state index >= 15 is 0 Å². The van der Waals surface area contributed by atoms with Crippen LogP contribution >= 0.6 is 0 Å². The SMILES string of the molecule is CC(C)CNC(=O)COc1cccc(-c2nc3c(c(Nc4ccc(C5CNNC5)cc4)n2)COC3)c1. The van der Waals surface area contributed by atoms with Crippen LogP contribution in [0.2, 0.25) is 0 Å². The number of hydrogen-bond donors (Lipinski definition) is 4. The predicted octanol–water partition coefficient (Wildman–Crippen LogP) is 3.26. The third-order valence-electron chi connectivity index (χ3n) is 6.21. The van der Waals surface area contributed by atoms with Gasteiger partial charge in [-0.25, -0.2) is 9.97 Å². The van der Waals surface area contributed by atoms with E-state index in [1.54, 1.807) is 0 Å². The van der Waals surface area contributed by atoms with E-state index in [-0.39, 0.29) is 12.5 Å². The highest BCUT2D eigenvalue weighted by molar-refractivity contribution is 5.77. The molecule has 1 saturated heterocycles. The van der Waals surface area contributed by atoms with Crippen molar-refractivity contribution in [2.24, 2.45) is 5.92 Å². The molecule has 5 rings (SSSR count). The van der Waals surface area contributed by atoms with Gasteiger partial charge in [0.15, 0.2) is 12.4 Å². The van der Waals surface area contributed by atoms with Crippen molar-refractivity contribution in [2.45, 2.75) is 33.0 Å². The van der Waals surface area contributed by atoms with Crippen LogP contribution in [0.25, 0.3) is 11.4 Å². The van der Waals surface area contributed by atoms with Crippen LogP contribution in [0.1, 0.15) is 36.6 Å². The fourth-order valence-electron chi connectivity index (χ4n) is 4.20. The van der Waals surface area contributed by atoms with E-state index in [0.29, 0.717) is 43.2 Å². The first-order valence-corrected chi connectivity index (χ1v) is 12.4. The summed E-state index contributed by atoms with van der Waals surface area (Å²) in [5.74, 6) is 2.63. The summed E-state index contributed by atoms with van der Waals surface area (Å²) in [4.78, 5) is 21.6. The van der Waals surface area contributed by atoms with Gasteiger partial charge in [0, 0.05) is 42.4 Å². The van der Waals surface area contributed by atoms with E-state index in [0.717, 1.165) is 41.4 Å². The largest absolute Gasteiger partial charge is 0.484 e. The Bertz CT molecular complexity index is 1210. The van der Waals surface area contributed by atoms with Crippen molar-refractivity contribution in [1.82, 2.24) is 26.1 Å². The summed E-state index contributed by atoms with van der Waals surface area (Å²) in [6.07, 6.45) is 0. The number of hydrazine groups is 1. The minimum Gasteiger partial charge on any atom is -0.484 e. The Morgan fingerprint density at radius 2 is 1.92 bits per heavy atom. The van der Waals surface area contributed by atoms with Crippen molar-refractivity contribution in [3.63, 3.8) is 0 Å². The molecule has 0 spiro atoms. The summed E-state index contributed by atoms with van der Waals surface area (Å²) in [5.41, 5.74) is 11.3. The second-order valence-corrected chi connectivity index (χ2v) is 9.53. The maximum atomic E-state index is 12.0. The highest BCUT2D eigenvalue weighted by atomic mass is 16.5. The topological polar surface area (TPSA) is 109 Å². The standard InChI is InChI=1S/C27H32N6O3/c1-17(2)11-28-25(34)16-36-22-5-3-4-19(10-22)26-32-24-15-35-14-23(24)27(33-26)31-21-8-6-18(7-9-21)20-12-29-30-13-20/h3-10,17,20,29-30H,11-16H2,1-2H3,(H,28,34)(H,31,32,33). The summed E-state index contributed by atoms with van der Waals surface area (Å²) in [6.45, 7) is 7.48. The molecule has 0 atom stereocenters. The van der Waals surface area contributed by atoms with Crippen LogP contribution in [-0.4, -0.2) is 42.1 Å². The maximum Gasteiger partial charge on any atom is 0.257 e. The average molecular weight is 489 g/mol. The van der Waals surface area contributed by atoms with Crippen molar-refractivity contribution >= 4 is 17.4 Å². The maximum absolute atomic E-state index is 12.0. The molecule has 2 aromatic carbocycles. The minimum atomic E-state index is -0.141. The lowest BCUT2D eigenvalue weighted by Gasteiger charge is -2.14. The number of aromatic nitrogens is 2. The number of nitrogens with one attached hydrogen (secondary N) is 4. The van der Waals surface area contributed by atoms with Crippen molar-refractivity contribution in [3.8, 4) is 17.1 Å². The van der Waals surface area contributed by atoms with Gasteiger partial charge in [-0.15, -0.1) is 0 Å². The van der Waals surface area contributed by atoms with Crippen molar-refractivity contribution in [1.29, 1.82) is 0 Å². The van der Waals surface area contributed by atoms with Gasteiger partial charge in [0.05, 0.1) is 18.9 Å². The lowest BCUT2D eigenvalue weighted by Crippen LogP contribution is -2.31. The molecule has 2 aliphatic rings. The van der Waals surface area contributed by atoms with E-state index in [1.807, 2.05) is 24.3 Å². The number of anilines is 2. The molecule has 3 heterocycles. The van der Waals surface area contributed by atoms with Gasteiger partial charge in [-0.05, 0) is 35.7 Å². The first kappa shape index (κ1) is 24.2. The van der Waals surface area contributed by atoms with E-state index < -0.39 is 0 Å². The van der Waals surface area contributed by atoms with Crippen LogP contribution in [0.5, 0.6) is 5.75 Å². The Labute approximate surface area is 211 Å². The van der Waals surface area contributed by atoms with Gasteiger partial charge in [-0.1, -0.05) is 38.1 Å². The first-order chi connectivity index (χ1) is 17.5. The van der Waals surface area contributed by atoms with Gasteiger partial charge in [0.1, 0.15) is 11.6 Å². The average Bonchev–Trinajstić information content (AvgIpc) is 3.59. The molecule has 0 unspecified atom stereocenters. The zero-order valence-corrected chi connectivity index (χ0v) is 20.6. The van der Waals surface area contributed by atoms with Crippen molar-refractivity contribution in [3.05, 3.63) is 65.4 Å². The monoisotopic (exact) mass is 488 g/mol. The number of rotatable bonds is 9. The molecule has 0 saturated carbocycles. The normalized spacial score (nSPS) is 15.2. The van der Waals surface area contributed by atoms with E-state index in [9.17, 15) is 4.79 Å². The lowest BCUT2D eigenvalue weighted by atomic mass is 10.0. The van der Waals surface area contributed by atoms with Crippen molar-refractivity contribution in [2.75, 3.05) is 31.6 Å². The molecule has 1 fully saturated rings. The molecule has 36 heavy (non-hydrogen) atoms. The fraction of sp³-hybridized carbons (Fsp3) is 0.370. The number of fused-ring (bicyclic) bond motifs is 1. The molecule has 1 amide bonds. The molecule has 188 valence electrons. The number of amides is 1. The Hall–Kier alpha value is -3.53. The molecule has 9 nitrogen and oxygen atoms in total. The highest BCUT2D eigenvalue weighted by Gasteiger charge is 2.21. The van der Waals surface area contributed by atoms with Gasteiger partial charge in [-0.2, -0.15) is 0 Å². The molecule has 1 aromatic heterocycles. The summed E-state index contributed by atoms with van der Waals surface area (Å²) in [6, 6.07) is 16.0. The van der Waals surface area contributed by atoms with E-state index in [1.165, 1.54) is 5.56 Å². The smallest absolute Gasteiger partial charge is 0.257 e. The molecule has 4 N–H and O–H groups in total. The van der Waals surface area contributed by atoms with Crippen LogP contribution in [0, 0.1) is 5.92 Å². The number of carbonyl (C=O) groups excluding carboxylic acids is 1. The summed E-state index contributed by atoms with van der Waals surface area (Å²) < 4.78 is 11.4. The molecule has 0 aliphatic carbocycles. The Balaban J connectivity index is 1.32. The lowest BCUT2D eigenvalue weighted by molar-refractivity contribution is -0.123. The fourth-order valence-corrected chi connectivity index (χ4v) is 4.20. The number of benzene rings is 2. The minimum absolute atomic E-state index is 0.0369. The molecule has 3 aromatic rings. The summed E-state index contributed by atoms with van der Waals surface area (Å²) >= 11 is 0. The van der Waals surface area contributed by atoms with E-state index in [4.69, 9.17) is 19.4 Å². The zero-order chi connectivity index (χ0) is 24.9. The number of carbonyl (C=O) groups is 1. The first-order valence-electron chi connectivity index (χ1n) is 12.4. The van der Waals surface area contributed by atoms with Gasteiger partial charge in [-0.3, -0.25) is 15.6 Å². The zero-order valence-electron chi connectivity index (χ0n) is 20.6. The van der Waals surface area contributed by atoms with E-state index in [2.05, 4.69) is 59.6 Å². The summed E-state index contributed by atoms with van der Waals surface area (Å²) in [5, 5.41) is 6.32. The Kier molecular flexibility index (Phi) is 7.41. The number of nitrogens with zero attached hydrogens (tertiary/aromatic N) is 2. The number of hydrogen-bond acceptors (Lipinski definition) is 8. The highest BCUT2D eigenvalue weighted by Crippen LogP contribution is 2.31. The molecule has 9 heteroatoms. The third kappa shape index (κ3) is 5.81. The van der Waals surface area contributed by atoms with Crippen LogP contribution in [0.15, 0.2) is 48.5 Å². The molecule has 0 radical (unpaired) electrons.